The molecule has 3 amide bonds. The summed E-state index contributed by atoms with van der Waals surface area (Å²) in [7, 11) is 0. The SMILES string of the molecule is C=C(C)C(=O)NCC(=O)CCC(=O)NC(CO)C(=O)CCC(=O)CC(CCC(N)=O)C(=O)CC(Cc1ccc(O)cc1)C(=O)CC(C)C(=O)CC(CO)C(=O)CC(Cc1ccc(O)cc1)C(=O)CC(Cc1cnc[nH]1)C(C)=O. The largest absolute Gasteiger partial charge is 0.508 e. The average Bonchev–Trinajstić information content (AvgIpc) is 3.92. The van der Waals surface area contributed by atoms with Gasteiger partial charge in [0.2, 0.25) is 17.7 Å². The Labute approximate surface area is 452 Å². The highest BCUT2D eigenvalue weighted by molar-refractivity contribution is 5.98. The third kappa shape index (κ3) is 23.3. The summed E-state index contributed by atoms with van der Waals surface area (Å²) in [6, 6.07) is 10.4. The Balaban J connectivity index is 1.72. The number of hydrogen-bond acceptors (Lipinski definition) is 17. The van der Waals surface area contributed by atoms with E-state index in [1.54, 1.807) is 12.1 Å². The Kier molecular flexibility index (Phi) is 27.2. The highest BCUT2D eigenvalue weighted by Gasteiger charge is 2.34. The topological polar surface area (TPSA) is 365 Å². The van der Waals surface area contributed by atoms with Gasteiger partial charge in [-0.1, -0.05) is 37.8 Å². The summed E-state index contributed by atoms with van der Waals surface area (Å²) < 4.78 is 0. The van der Waals surface area contributed by atoms with Crippen LogP contribution in [0.4, 0.5) is 0 Å². The van der Waals surface area contributed by atoms with Crippen molar-refractivity contribution in [1.29, 1.82) is 0 Å². The van der Waals surface area contributed by atoms with E-state index in [0.717, 1.165) is 0 Å². The number of imidazole rings is 1. The minimum Gasteiger partial charge on any atom is -0.508 e. The number of ketones is 9. The zero-order chi connectivity index (χ0) is 58.1. The van der Waals surface area contributed by atoms with Gasteiger partial charge in [0.05, 0.1) is 26.1 Å². The van der Waals surface area contributed by atoms with Gasteiger partial charge in [0.15, 0.2) is 11.6 Å². The third-order valence-corrected chi connectivity index (χ3v) is 13.6. The number of aliphatic hydroxyl groups is 2. The normalized spacial score (nSPS) is 13.8. The van der Waals surface area contributed by atoms with Crippen molar-refractivity contribution in [2.75, 3.05) is 19.8 Å². The van der Waals surface area contributed by atoms with Gasteiger partial charge in [0, 0.05) is 124 Å². The van der Waals surface area contributed by atoms with Crippen molar-refractivity contribution < 1.29 is 78.0 Å². The number of nitrogens with one attached hydrogen (secondary N) is 3. The molecule has 0 spiro atoms. The number of aromatic nitrogens is 2. The Morgan fingerprint density at radius 1 is 0.590 bits per heavy atom. The second-order valence-corrected chi connectivity index (χ2v) is 20.1. The minimum absolute atomic E-state index is 0.0197. The highest BCUT2D eigenvalue weighted by atomic mass is 16.3. The summed E-state index contributed by atoms with van der Waals surface area (Å²) in [6.45, 7) is 5.79. The molecule has 0 saturated heterocycles. The number of Topliss-reactive ketones (excluding diaryl/α,β-unsaturated/α-hetero) is 9. The molecule has 21 nitrogen and oxygen atoms in total. The second-order valence-electron chi connectivity index (χ2n) is 20.1. The summed E-state index contributed by atoms with van der Waals surface area (Å²) in [5.74, 6) is -13.1. The molecule has 0 aliphatic heterocycles. The molecular formula is C57H73N5O16. The number of hydrogen-bond donors (Lipinski definition) is 8. The van der Waals surface area contributed by atoms with Crippen LogP contribution in [0.5, 0.6) is 11.5 Å². The van der Waals surface area contributed by atoms with Crippen LogP contribution in [0.15, 0.2) is 73.2 Å². The number of nitrogens with zero attached hydrogens (tertiary/aromatic N) is 1. The van der Waals surface area contributed by atoms with E-state index in [0.29, 0.717) is 16.8 Å². The van der Waals surface area contributed by atoms with Crippen LogP contribution >= 0.6 is 0 Å². The zero-order valence-corrected chi connectivity index (χ0v) is 44.5. The van der Waals surface area contributed by atoms with Crippen LogP contribution in [0, 0.1) is 35.5 Å². The van der Waals surface area contributed by atoms with Gasteiger partial charge in [-0.25, -0.2) is 4.98 Å². The summed E-state index contributed by atoms with van der Waals surface area (Å²) in [6.07, 6.45) is -1.27. The predicted molar refractivity (Wildman–Crippen MR) is 282 cm³/mol. The second kappa shape index (κ2) is 32.8. The predicted octanol–water partition coefficient (Wildman–Crippen LogP) is 3.04. The van der Waals surface area contributed by atoms with Crippen molar-refractivity contribution >= 4 is 69.8 Å². The molecule has 422 valence electrons. The fourth-order valence-corrected chi connectivity index (χ4v) is 8.66. The molecule has 0 fully saturated rings. The minimum atomic E-state index is -1.42. The highest BCUT2D eigenvalue weighted by Crippen LogP contribution is 2.28. The molecule has 2 aromatic carbocycles. The number of phenols is 2. The van der Waals surface area contributed by atoms with Crippen molar-refractivity contribution in [2.45, 2.75) is 123 Å². The number of aromatic hydroxyl groups is 2. The molecule has 7 unspecified atom stereocenters. The van der Waals surface area contributed by atoms with Gasteiger partial charge in [-0.2, -0.15) is 0 Å². The maximum absolute atomic E-state index is 14.2. The molecule has 78 heavy (non-hydrogen) atoms. The van der Waals surface area contributed by atoms with Crippen LogP contribution in [0.1, 0.15) is 115 Å². The average molecular weight is 1080 g/mol. The lowest BCUT2D eigenvalue weighted by Gasteiger charge is -2.23. The number of rotatable bonds is 40. The van der Waals surface area contributed by atoms with Gasteiger partial charge in [0.1, 0.15) is 58.0 Å². The standard InChI is InChI=1S/C57H73N5O16/c1-33(2)57(78)60-29-47(69)15-18-56(77)62-48(31-64)49(70)16-14-46(68)23-38(9-17-55(58)76)52(73)25-40(20-36-5-10-44(66)11-6-36)51(72)19-34(3)50(71)27-42(30-63)54(75)26-41(21-37-7-12-45(67)13-8-37)53(74)24-39(35(4)65)22-43-28-59-32-61-43/h5-8,10-13,28,32,34,38-42,48,63-64,66-67H,1,9,14-27,29-31H2,2-4H3,(H2,58,76)(H,59,61)(H,60,78)(H,62,77). The molecule has 3 rings (SSSR count). The number of aliphatic hydroxyl groups excluding tert-OH is 2. The van der Waals surface area contributed by atoms with Crippen LogP contribution in [-0.4, -0.2) is 126 Å². The molecule has 3 aromatic rings. The molecule has 1 aromatic heterocycles. The summed E-state index contributed by atoms with van der Waals surface area (Å²) in [5, 5.41) is 44.7. The molecule has 0 saturated carbocycles. The van der Waals surface area contributed by atoms with E-state index in [1.807, 2.05) is 0 Å². The Hall–Kier alpha value is -7.65. The lowest BCUT2D eigenvalue weighted by molar-refractivity contribution is -0.135. The lowest BCUT2D eigenvalue weighted by Crippen LogP contribution is -2.43. The van der Waals surface area contributed by atoms with E-state index in [4.69, 9.17) is 5.73 Å². The van der Waals surface area contributed by atoms with Gasteiger partial charge in [-0.05, 0) is 74.9 Å². The number of aromatic amines is 1. The van der Waals surface area contributed by atoms with Crippen LogP contribution in [0.2, 0.25) is 0 Å². The molecule has 0 bridgehead atoms. The fourth-order valence-electron chi connectivity index (χ4n) is 8.66. The number of amides is 3. The maximum Gasteiger partial charge on any atom is 0.246 e. The Bertz CT molecular complexity index is 2610. The smallest absolute Gasteiger partial charge is 0.246 e. The van der Waals surface area contributed by atoms with Gasteiger partial charge in [0.25, 0.3) is 0 Å². The first-order chi connectivity index (χ1) is 36.9. The van der Waals surface area contributed by atoms with Crippen molar-refractivity contribution in [1.82, 2.24) is 20.6 Å². The first kappa shape index (κ1) is 64.6. The first-order valence-corrected chi connectivity index (χ1v) is 25.9. The number of nitrogens with two attached hydrogens (primary N) is 1. The van der Waals surface area contributed by atoms with Crippen molar-refractivity contribution in [3.05, 3.63) is 90.0 Å². The van der Waals surface area contributed by atoms with Crippen LogP contribution in [0.3, 0.4) is 0 Å². The number of carbonyl (C=O) groups is 12. The number of primary amides is 1. The maximum atomic E-state index is 14.2. The first-order valence-electron chi connectivity index (χ1n) is 25.9. The van der Waals surface area contributed by atoms with Crippen molar-refractivity contribution in [3.8, 4) is 11.5 Å². The van der Waals surface area contributed by atoms with Gasteiger partial charge < -0.3 is 41.8 Å². The third-order valence-electron chi connectivity index (χ3n) is 13.6. The molecule has 7 atom stereocenters. The lowest BCUT2D eigenvalue weighted by atomic mass is 9.79. The van der Waals surface area contributed by atoms with Gasteiger partial charge >= 0.3 is 0 Å². The zero-order valence-electron chi connectivity index (χ0n) is 44.5. The molecule has 9 N–H and O–H groups in total. The Morgan fingerprint density at radius 2 is 1.10 bits per heavy atom. The molecule has 0 aliphatic carbocycles. The van der Waals surface area contributed by atoms with Crippen LogP contribution in [-0.2, 0) is 76.8 Å². The van der Waals surface area contributed by atoms with E-state index in [9.17, 15) is 78.0 Å². The molecule has 0 radical (unpaired) electrons. The molecule has 1 heterocycles. The summed E-state index contributed by atoms with van der Waals surface area (Å²) in [5.41, 5.74) is 7.37. The number of carbonyl (C=O) groups excluding carboxylic acids is 12. The molecule has 21 heteroatoms. The van der Waals surface area contributed by atoms with E-state index in [1.165, 1.54) is 69.7 Å². The molecule has 0 aliphatic rings. The van der Waals surface area contributed by atoms with Gasteiger partial charge in [-0.15, -0.1) is 0 Å². The van der Waals surface area contributed by atoms with E-state index < -0.39 is 157 Å². The number of phenolic OH excluding ortho intramolecular Hbond substituents is 2. The van der Waals surface area contributed by atoms with E-state index >= 15 is 0 Å². The van der Waals surface area contributed by atoms with E-state index in [2.05, 4.69) is 27.2 Å². The van der Waals surface area contributed by atoms with Crippen LogP contribution in [0.25, 0.3) is 0 Å². The van der Waals surface area contributed by atoms with Crippen LogP contribution < -0.4 is 16.4 Å². The number of benzene rings is 2. The summed E-state index contributed by atoms with van der Waals surface area (Å²) in [4.78, 5) is 164. The number of H-pyrrole nitrogens is 1. The monoisotopic (exact) mass is 1080 g/mol. The summed E-state index contributed by atoms with van der Waals surface area (Å²) >= 11 is 0. The Morgan fingerprint density at radius 3 is 1.60 bits per heavy atom. The van der Waals surface area contributed by atoms with Crippen molar-refractivity contribution in [2.24, 2.45) is 41.2 Å². The quantitative estimate of drug-likeness (QED) is 0.0379. The van der Waals surface area contributed by atoms with Crippen molar-refractivity contribution in [3.63, 3.8) is 0 Å². The fraction of sp³-hybridized carbons (Fsp3) is 0.491. The molecular weight excluding hydrogens is 1010 g/mol. The van der Waals surface area contributed by atoms with Gasteiger partial charge in [-0.3, -0.25) is 57.5 Å². The van der Waals surface area contributed by atoms with E-state index in [-0.39, 0.29) is 87.2 Å².